The van der Waals surface area contributed by atoms with Crippen LogP contribution in [-0.2, 0) is 20.4 Å². The van der Waals surface area contributed by atoms with E-state index in [0.29, 0.717) is 19.6 Å². The van der Waals surface area contributed by atoms with Crippen LogP contribution in [0.25, 0.3) is 0 Å². The molecule has 2 rings (SSSR count). The van der Waals surface area contributed by atoms with Gasteiger partial charge in [0.2, 0.25) is 0 Å². The first-order valence-corrected chi connectivity index (χ1v) is 11.8. The minimum absolute atomic E-state index is 0.126. The first-order chi connectivity index (χ1) is 11.1. The molecule has 24 heavy (non-hydrogen) atoms. The fraction of sp³-hybridized carbons (Fsp3) is 0.650. The zero-order chi connectivity index (χ0) is 17.8. The van der Waals surface area contributed by atoms with Crippen LogP contribution in [0.3, 0.4) is 0 Å². The minimum atomic E-state index is -1.76. The highest BCUT2D eigenvalue weighted by molar-refractivity contribution is 6.74. The Kier molecular flexibility index (Phi) is 6.05. The van der Waals surface area contributed by atoms with Gasteiger partial charge in [0.25, 0.3) is 0 Å². The Morgan fingerprint density at radius 3 is 2.46 bits per heavy atom. The lowest BCUT2D eigenvalue weighted by atomic mass is 9.74. The summed E-state index contributed by atoms with van der Waals surface area (Å²) in [6.45, 7) is 12.9. The van der Waals surface area contributed by atoms with Gasteiger partial charge in [-0.1, -0.05) is 51.1 Å². The zero-order valence-electron chi connectivity index (χ0n) is 15.9. The highest BCUT2D eigenvalue weighted by Gasteiger charge is 2.40. The first-order valence-electron chi connectivity index (χ1n) is 8.91. The van der Waals surface area contributed by atoms with Crippen molar-refractivity contribution in [2.24, 2.45) is 5.41 Å². The Bertz CT molecular complexity index is 548. The van der Waals surface area contributed by atoms with Gasteiger partial charge in [-0.2, -0.15) is 0 Å². The predicted molar refractivity (Wildman–Crippen MR) is 101 cm³/mol. The number of ether oxygens (including phenoxy) is 1. The second-order valence-electron chi connectivity index (χ2n) is 8.73. The standard InChI is InChI=1S/C20H32O3Si/c1-19(2,3)24(4,5)23-12-11-20(14-18(21)15-22-16-20)13-17-9-7-6-8-10-17/h6-10H,11-16H2,1-5H3. The van der Waals surface area contributed by atoms with Gasteiger partial charge in [-0.25, -0.2) is 0 Å². The first kappa shape index (κ1) is 19.4. The molecule has 0 bridgehead atoms. The average molecular weight is 349 g/mol. The van der Waals surface area contributed by atoms with Crippen molar-refractivity contribution in [3.63, 3.8) is 0 Å². The second-order valence-corrected chi connectivity index (χ2v) is 13.5. The predicted octanol–water partition coefficient (Wildman–Crippen LogP) is 4.62. The van der Waals surface area contributed by atoms with Gasteiger partial charge in [0.05, 0.1) is 6.61 Å². The van der Waals surface area contributed by atoms with E-state index in [2.05, 4.69) is 58.1 Å². The van der Waals surface area contributed by atoms with E-state index in [9.17, 15) is 4.79 Å². The van der Waals surface area contributed by atoms with E-state index in [1.54, 1.807) is 0 Å². The molecule has 1 fully saturated rings. The van der Waals surface area contributed by atoms with Crippen LogP contribution < -0.4 is 0 Å². The number of carbonyl (C=O) groups is 1. The van der Waals surface area contributed by atoms with Gasteiger partial charge in [0.1, 0.15) is 6.61 Å². The summed E-state index contributed by atoms with van der Waals surface area (Å²) in [5.41, 5.74) is 1.14. The van der Waals surface area contributed by atoms with Crippen LogP contribution in [0.15, 0.2) is 30.3 Å². The number of carbonyl (C=O) groups excluding carboxylic acids is 1. The van der Waals surface area contributed by atoms with E-state index in [1.165, 1.54) is 5.56 Å². The molecular formula is C20H32O3Si. The maximum atomic E-state index is 12.0. The molecule has 0 aliphatic carbocycles. The van der Waals surface area contributed by atoms with Crippen molar-refractivity contribution in [2.75, 3.05) is 19.8 Å². The van der Waals surface area contributed by atoms with Crippen molar-refractivity contribution < 1.29 is 14.0 Å². The summed E-state index contributed by atoms with van der Waals surface area (Å²) in [6, 6.07) is 10.4. The highest BCUT2D eigenvalue weighted by Crippen LogP contribution is 2.39. The summed E-state index contributed by atoms with van der Waals surface area (Å²) in [6.07, 6.45) is 2.35. The normalized spacial score (nSPS) is 22.6. The molecule has 1 heterocycles. The Hall–Kier alpha value is -0.973. The third-order valence-electron chi connectivity index (χ3n) is 5.57. The molecule has 1 unspecified atom stereocenters. The van der Waals surface area contributed by atoms with Crippen LogP contribution in [0, 0.1) is 5.41 Å². The van der Waals surface area contributed by atoms with E-state index in [1.807, 2.05) is 6.07 Å². The lowest BCUT2D eigenvalue weighted by Gasteiger charge is -2.40. The van der Waals surface area contributed by atoms with E-state index >= 15 is 0 Å². The quantitative estimate of drug-likeness (QED) is 0.704. The number of benzene rings is 1. The monoisotopic (exact) mass is 348 g/mol. The van der Waals surface area contributed by atoms with Gasteiger partial charge >= 0.3 is 0 Å². The maximum absolute atomic E-state index is 12.0. The second kappa shape index (κ2) is 7.50. The molecule has 0 saturated carbocycles. The number of ketones is 1. The van der Waals surface area contributed by atoms with Crippen LogP contribution in [0.5, 0.6) is 0 Å². The van der Waals surface area contributed by atoms with Crippen LogP contribution in [0.4, 0.5) is 0 Å². The van der Waals surface area contributed by atoms with Crippen molar-refractivity contribution in [1.29, 1.82) is 0 Å². The smallest absolute Gasteiger partial charge is 0.191 e. The van der Waals surface area contributed by atoms with Gasteiger partial charge in [-0.05, 0) is 36.5 Å². The van der Waals surface area contributed by atoms with Gasteiger partial charge in [-0.3, -0.25) is 4.79 Å². The third kappa shape index (κ3) is 5.01. The Morgan fingerprint density at radius 2 is 1.88 bits per heavy atom. The van der Waals surface area contributed by atoms with Gasteiger partial charge in [-0.15, -0.1) is 0 Å². The Labute approximate surface area is 147 Å². The van der Waals surface area contributed by atoms with E-state index in [0.717, 1.165) is 12.8 Å². The van der Waals surface area contributed by atoms with Crippen molar-refractivity contribution in [2.45, 2.75) is 58.2 Å². The molecule has 134 valence electrons. The third-order valence-corrected chi connectivity index (χ3v) is 10.1. The van der Waals surface area contributed by atoms with E-state index < -0.39 is 8.32 Å². The minimum Gasteiger partial charge on any atom is -0.417 e. The van der Waals surface area contributed by atoms with Gasteiger partial charge < -0.3 is 9.16 Å². The summed E-state index contributed by atoms with van der Waals surface area (Å²) < 4.78 is 12.0. The lowest BCUT2D eigenvalue weighted by molar-refractivity contribution is -0.136. The van der Waals surface area contributed by atoms with Crippen LogP contribution in [0.1, 0.15) is 39.2 Å². The largest absolute Gasteiger partial charge is 0.417 e. The maximum Gasteiger partial charge on any atom is 0.191 e. The Balaban J connectivity index is 2.06. The molecule has 1 saturated heterocycles. The summed E-state index contributed by atoms with van der Waals surface area (Å²) in [7, 11) is -1.76. The summed E-state index contributed by atoms with van der Waals surface area (Å²) in [5, 5.41) is 0.207. The molecular weight excluding hydrogens is 316 g/mol. The Morgan fingerprint density at radius 1 is 1.21 bits per heavy atom. The zero-order valence-corrected chi connectivity index (χ0v) is 16.9. The van der Waals surface area contributed by atoms with Gasteiger partial charge in [0, 0.05) is 18.4 Å². The molecule has 0 radical (unpaired) electrons. The number of Topliss-reactive ketones (excluding diaryl/α,β-unsaturated/α-hetero) is 1. The van der Waals surface area contributed by atoms with Crippen molar-refractivity contribution in [3.05, 3.63) is 35.9 Å². The number of rotatable bonds is 6. The van der Waals surface area contributed by atoms with Gasteiger partial charge in [0.15, 0.2) is 14.1 Å². The lowest BCUT2D eigenvalue weighted by Crippen LogP contribution is -2.44. The summed E-state index contributed by atoms with van der Waals surface area (Å²) in [5.74, 6) is 0.213. The van der Waals surface area contributed by atoms with E-state index in [-0.39, 0.29) is 22.8 Å². The molecule has 4 heteroatoms. The molecule has 3 nitrogen and oxygen atoms in total. The van der Waals surface area contributed by atoms with Crippen LogP contribution in [0.2, 0.25) is 18.1 Å². The van der Waals surface area contributed by atoms with Crippen molar-refractivity contribution in [3.8, 4) is 0 Å². The fourth-order valence-corrected chi connectivity index (χ4v) is 4.08. The highest BCUT2D eigenvalue weighted by atomic mass is 28.4. The molecule has 0 spiro atoms. The molecule has 1 atom stereocenters. The van der Waals surface area contributed by atoms with Crippen LogP contribution >= 0.6 is 0 Å². The number of hydrogen-bond acceptors (Lipinski definition) is 3. The van der Waals surface area contributed by atoms with Crippen LogP contribution in [-0.4, -0.2) is 33.9 Å². The van der Waals surface area contributed by atoms with Crippen molar-refractivity contribution >= 4 is 14.1 Å². The molecule has 0 N–H and O–H groups in total. The molecule has 0 aromatic heterocycles. The molecule has 1 aromatic carbocycles. The number of hydrogen-bond donors (Lipinski definition) is 0. The molecule has 1 aliphatic heterocycles. The van der Waals surface area contributed by atoms with E-state index in [4.69, 9.17) is 9.16 Å². The average Bonchev–Trinajstić information content (AvgIpc) is 2.46. The SMILES string of the molecule is CC(C)(C)[Si](C)(C)OCCC1(Cc2ccccc2)COCC(=O)C1. The topological polar surface area (TPSA) is 35.5 Å². The van der Waals surface area contributed by atoms with Crippen molar-refractivity contribution in [1.82, 2.24) is 0 Å². The molecule has 0 amide bonds. The summed E-state index contributed by atoms with van der Waals surface area (Å²) in [4.78, 5) is 12.0. The summed E-state index contributed by atoms with van der Waals surface area (Å²) >= 11 is 0. The fourth-order valence-electron chi connectivity index (χ4n) is 3.03. The molecule has 1 aliphatic rings. The molecule has 1 aromatic rings.